The molecule has 0 unspecified atom stereocenters. The van der Waals surface area contributed by atoms with Gasteiger partial charge in [-0.05, 0) is 38.5 Å². The summed E-state index contributed by atoms with van der Waals surface area (Å²) >= 11 is 0. The first kappa shape index (κ1) is 14.9. The molecule has 0 atom stereocenters. The lowest BCUT2D eigenvalue weighted by Gasteiger charge is -2.11. The molecule has 2 rings (SSSR count). The molecule has 6 heteroatoms. The van der Waals surface area contributed by atoms with Crippen molar-refractivity contribution >= 4 is 11.4 Å². The van der Waals surface area contributed by atoms with Crippen LogP contribution in [0, 0.1) is 36.7 Å². The maximum atomic E-state index is 13.2. The normalized spacial score (nSPS) is 10.5. The SMILES string of the molecule is Cc1ccc(F)cc1NCc1ncc(C)c([N+](=O)[O-])c1C. The van der Waals surface area contributed by atoms with Gasteiger partial charge in [-0.1, -0.05) is 6.07 Å². The quantitative estimate of drug-likeness (QED) is 0.689. The van der Waals surface area contributed by atoms with E-state index in [2.05, 4.69) is 10.3 Å². The van der Waals surface area contributed by atoms with Crippen LogP contribution in [0.25, 0.3) is 0 Å². The number of hydrogen-bond donors (Lipinski definition) is 1. The summed E-state index contributed by atoms with van der Waals surface area (Å²) < 4.78 is 13.2. The second kappa shape index (κ2) is 5.87. The molecule has 5 nitrogen and oxygen atoms in total. The van der Waals surface area contributed by atoms with Crippen molar-refractivity contribution in [1.82, 2.24) is 4.98 Å². The molecule has 0 aliphatic carbocycles. The van der Waals surface area contributed by atoms with E-state index in [1.165, 1.54) is 18.3 Å². The van der Waals surface area contributed by atoms with Crippen molar-refractivity contribution in [2.24, 2.45) is 0 Å². The van der Waals surface area contributed by atoms with Crippen LogP contribution in [0.15, 0.2) is 24.4 Å². The summed E-state index contributed by atoms with van der Waals surface area (Å²) in [5.41, 5.74) is 3.27. The molecule has 0 bridgehead atoms. The molecule has 1 aromatic carbocycles. The molecule has 0 radical (unpaired) electrons. The van der Waals surface area contributed by atoms with Crippen molar-refractivity contribution in [3.05, 3.63) is 62.7 Å². The van der Waals surface area contributed by atoms with Gasteiger partial charge in [-0.2, -0.15) is 0 Å². The Morgan fingerprint density at radius 3 is 2.67 bits per heavy atom. The summed E-state index contributed by atoms with van der Waals surface area (Å²) in [6.45, 7) is 5.50. The van der Waals surface area contributed by atoms with Crippen LogP contribution in [-0.4, -0.2) is 9.91 Å². The van der Waals surface area contributed by atoms with Gasteiger partial charge in [-0.25, -0.2) is 4.39 Å². The Hall–Kier alpha value is -2.50. The second-order valence-corrected chi connectivity index (χ2v) is 4.93. The lowest BCUT2D eigenvalue weighted by atomic mass is 10.1. The first-order valence-electron chi connectivity index (χ1n) is 6.49. The summed E-state index contributed by atoms with van der Waals surface area (Å²) in [6.07, 6.45) is 1.49. The first-order valence-corrected chi connectivity index (χ1v) is 6.49. The van der Waals surface area contributed by atoms with Gasteiger partial charge < -0.3 is 5.32 Å². The molecule has 0 aliphatic rings. The zero-order valence-electron chi connectivity index (χ0n) is 12.1. The smallest absolute Gasteiger partial charge is 0.278 e. The van der Waals surface area contributed by atoms with Crippen LogP contribution >= 0.6 is 0 Å². The number of rotatable bonds is 4. The third kappa shape index (κ3) is 3.16. The van der Waals surface area contributed by atoms with E-state index in [4.69, 9.17) is 0 Å². The highest BCUT2D eigenvalue weighted by atomic mass is 19.1. The Kier molecular flexibility index (Phi) is 4.16. The first-order chi connectivity index (χ1) is 9.90. The minimum Gasteiger partial charge on any atom is -0.379 e. The Bertz CT molecular complexity index is 702. The van der Waals surface area contributed by atoms with E-state index >= 15 is 0 Å². The Morgan fingerprint density at radius 2 is 2.00 bits per heavy atom. The molecular weight excluding hydrogens is 273 g/mol. The predicted molar refractivity (Wildman–Crippen MR) is 78.8 cm³/mol. The van der Waals surface area contributed by atoms with Gasteiger partial charge in [-0.15, -0.1) is 0 Å². The molecule has 0 aliphatic heterocycles. The van der Waals surface area contributed by atoms with Gasteiger partial charge in [0, 0.05) is 17.4 Å². The summed E-state index contributed by atoms with van der Waals surface area (Å²) in [5, 5.41) is 14.1. The van der Waals surface area contributed by atoms with E-state index in [0.29, 0.717) is 29.1 Å². The average molecular weight is 289 g/mol. The molecule has 21 heavy (non-hydrogen) atoms. The van der Waals surface area contributed by atoms with Crippen molar-refractivity contribution in [1.29, 1.82) is 0 Å². The average Bonchev–Trinajstić information content (AvgIpc) is 2.41. The minimum atomic E-state index is -0.400. The standard InChI is InChI=1S/C15H16FN3O2/c1-9-4-5-12(16)6-13(9)18-8-14-11(3)15(19(20)21)10(2)7-17-14/h4-7,18H,8H2,1-3H3. The summed E-state index contributed by atoms with van der Waals surface area (Å²) in [7, 11) is 0. The Labute approximate surface area is 122 Å². The number of benzene rings is 1. The fourth-order valence-corrected chi connectivity index (χ4v) is 2.19. The van der Waals surface area contributed by atoms with Gasteiger partial charge in [-0.3, -0.25) is 15.1 Å². The molecule has 0 amide bonds. The maximum Gasteiger partial charge on any atom is 0.278 e. The van der Waals surface area contributed by atoms with Gasteiger partial charge >= 0.3 is 0 Å². The van der Waals surface area contributed by atoms with Gasteiger partial charge in [0.05, 0.1) is 22.7 Å². The number of pyridine rings is 1. The highest BCUT2D eigenvalue weighted by Gasteiger charge is 2.18. The van der Waals surface area contributed by atoms with Crippen LogP contribution in [0.5, 0.6) is 0 Å². The fraction of sp³-hybridized carbons (Fsp3) is 0.267. The van der Waals surface area contributed by atoms with Crippen LogP contribution in [0.4, 0.5) is 15.8 Å². The summed E-state index contributed by atoms with van der Waals surface area (Å²) in [5.74, 6) is -0.331. The van der Waals surface area contributed by atoms with Crippen LogP contribution in [0.3, 0.4) is 0 Å². The minimum absolute atomic E-state index is 0.0813. The number of aromatic nitrogens is 1. The lowest BCUT2D eigenvalue weighted by molar-refractivity contribution is -0.386. The van der Waals surface area contributed by atoms with E-state index in [9.17, 15) is 14.5 Å². The second-order valence-electron chi connectivity index (χ2n) is 4.93. The molecule has 0 fully saturated rings. The lowest BCUT2D eigenvalue weighted by Crippen LogP contribution is -2.08. The topological polar surface area (TPSA) is 68.1 Å². The fourth-order valence-electron chi connectivity index (χ4n) is 2.19. The van der Waals surface area contributed by atoms with Crippen molar-refractivity contribution < 1.29 is 9.31 Å². The van der Waals surface area contributed by atoms with Crippen LogP contribution in [0.1, 0.15) is 22.4 Å². The van der Waals surface area contributed by atoms with Crippen molar-refractivity contribution in [2.45, 2.75) is 27.3 Å². The van der Waals surface area contributed by atoms with Crippen LogP contribution in [-0.2, 0) is 6.54 Å². The Morgan fingerprint density at radius 1 is 1.29 bits per heavy atom. The molecule has 1 N–H and O–H groups in total. The Balaban J connectivity index is 2.27. The van der Waals surface area contributed by atoms with E-state index in [0.717, 1.165) is 5.56 Å². The maximum absolute atomic E-state index is 13.2. The summed E-state index contributed by atoms with van der Waals surface area (Å²) in [4.78, 5) is 14.9. The van der Waals surface area contributed by atoms with E-state index in [-0.39, 0.29) is 11.5 Å². The number of nitro groups is 1. The van der Waals surface area contributed by atoms with Crippen LogP contribution < -0.4 is 5.32 Å². The molecule has 1 heterocycles. The van der Waals surface area contributed by atoms with E-state index in [1.807, 2.05) is 6.92 Å². The molecule has 1 aromatic heterocycles. The zero-order valence-corrected chi connectivity index (χ0v) is 12.1. The van der Waals surface area contributed by atoms with Crippen LogP contribution in [0.2, 0.25) is 0 Å². The molecule has 0 spiro atoms. The number of anilines is 1. The van der Waals surface area contributed by atoms with Gasteiger partial charge in [0.2, 0.25) is 0 Å². The number of aryl methyl sites for hydroxylation is 2. The predicted octanol–water partition coefficient (Wildman–Crippen LogP) is 3.67. The molecule has 110 valence electrons. The van der Waals surface area contributed by atoms with Crippen molar-refractivity contribution in [3.8, 4) is 0 Å². The van der Waals surface area contributed by atoms with Gasteiger partial charge in [0.15, 0.2) is 0 Å². The summed E-state index contributed by atoms with van der Waals surface area (Å²) in [6, 6.07) is 4.46. The highest BCUT2D eigenvalue weighted by molar-refractivity contribution is 5.52. The largest absolute Gasteiger partial charge is 0.379 e. The van der Waals surface area contributed by atoms with E-state index < -0.39 is 4.92 Å². The molecule has 2 aromatic rings. The molecule has 0 saturated heterocycles. The zero-order chi connectivity index (χ0) is 15.6. The van der Waals surface area contributed by atoms with E-state index in [1.54, 1.807) is 19.9 Å². The van der Waals surface area contributed by atoms with Crippen molar-refractivity contribution in [2.75, 3.05) is 5.32 Å². The van der Waals surface area contributed by atoms with Gasteiger partial charge in [0.25, 0.3) is 5.69 Å². The number of nitrogens with one attached hydrogen (secondary N) is 1. The third-order valence-corrected chi connectivity index (χ3v) is 3.40. The number of nitrogens with zero attached hydrogens (tertiary/aromatic N) is 2. The molecule has 0 saturated carbocycles. The third-order valence-electron chi connectivity index (χ3n) is 3.40. The highest BCUT2D eigenvalue weighted by Crippen LogP contribution is 2.25. The number of halogens is 1. The van der Waals surface area contributed by atoms with Crippen molar-refractivity contribution in [3.63, 3.8) is 0 Å². The molecular formula is C15H16FN3O2. The number of hydrogen-bond acceptors (Lipinski definition) is 4. The monoisotopic (exact) mass is 289 g/mol. The van der Waals surface area contributed by atoms with Gasteiger partial charge in [0.1, 0.15) is 5.82 Å².